The number of aromatic nitrogens is 1. The van der Waals surface area contributed by atoms with E-state index in [1.807, 2.05) is 0 Å². The fraction of sp³-hybridized carbons (Fsp3) is 0.500. The van der Waals surface area contributed by atoms with Gasteiger partial charge in [-0.15, -0.1) is 0 Å². The molecule has 2 heterocycles. The van der Waals surface area contributed by atoms with Crippen LogP contribution in [0.25, 0.3) is 10.9 Å². The lowest BCUT2D eigenvalue weighted by Gasteiger charge is -2.27. The number of nitrogens with zero attached hydrogens (tertiary/aromatic N) is 1. The van der Waals surface area contributed by atoms with Gasteiger partial charge in [-0.2, -0.15) is 0 Å². The molecule has 1 aliphatic heterocycles. The zero-order chi connectivity index (χ0) is 14.1. The fourth-order valence-electron chi connectivity index (χ4n) is 3.04. The summed E-state index contributed by atoms with van der Waals surface area (Å²) in [6.07, 6.45) is 0. The van der Waals surface area contributed by atoms with E-state index in [4.69, 9.17) is 4.74 Å². The van der Waals surface area contributed by atoms with Crippen LogP contribution < -0.4 is 10.1 Å². The van der Waals surface area contributed by atoms with Crippen LogP contribution in [0.1, 0.15) is 16.8 Å². The lowest BCUT2D eigenvalue weighted by atomic mass is 10.1. The van der Waals surface area contributed by atoms with Gasteiger partial charge in [0.2, 0.25) is 0 Å². The molecule has 0 bridgehead atoms. The Hall–Kier alpha value is -1.52. The highest BCUT2D eigenvalue weighted by Crippen LogP contribution is 2.30. The molecule has 0 aliphatic carbocycles. The van der Waals surface area contributed by atoms with Crippen molar-refractivity contribution >= 4 is 10.9 Å². The quantitative estimate of drug-likeness (QED) is 0.900. The van der Waals surface area contributed by atoms with Crippen LogP contribution >= 0.6 is 0 Å². The largest absolute Gasteiger partial charge is 0.497 e. The summed E-state index contributed by atoms with van der Waals surface area (Å²) in [6, 6.07) is 4.25. The maximum atomic E-state index is 5.42. The van der Waals surface area contributed by atoms with Gasteiger partial charge < -0.3 is 15.0 Å². The van der Waals surface area contributed by atoms with E-state index in [1.54, 1.807) is 7.11 Å². The Morgan fingerprint density at radius 3 is 2.65 bits per heavy atom. The maximum absolute atomic E-state index is 5.42. The SMILES string of the molecule is COc1cc(C)c2[nH]c(C)c(CN3CCNCC3)c2c1. The molecule has 1 aromatic heterocycles. The monoisotopic (exact) mass is 273 g/mol. The fourth-order valence-corrected chi connectivity index (χ4v) is 3.04. The van der Waals surface area contributed by atoms with Gasteiger partial charge in [-0.1, -0.05) is 0 Å². The molecule has 0 amide bonds. The van der Waals surface area contributed by atoms with Gasteiger partial charge in [0.15, 0.2) is 0 Å². The number of aryl methyl sites for hydroxylation is 2. The second-order valence-corrected chi connectivity index (χ2v) is 5.62. The first-order chi connectivity index (χ1) is 9.69. The molecule has 1 aliphatic rings. The van der Waals surface area contributed by atoms with E-state index < -0.39 is 0 Å². The number of benzene rings is 1. The van der Waals surface area contributed by atoms with Gasteiger partial charge in [-0.3, -0.25) is 4.90 Å². The third-order valence-electron chi connectivity index (χ3n) is 4.23. The van der Waals surface area contributed by atoms with Crippen molar-refractivity contribution in [3.05, 3.63) is 29.0 Å². The summed E-state index contributed by atoms with van der Waals surface area (Å²) in [6.45, 7) is 9.73. The van der Waals surface area contributed by atoms with Gasteiger partial charge in [0.25, 0.3) is 0 Å². The van der Waals surface area contributed by atoms with Crippen molar-refractivity contribution in [2.75, 3.05) is 33.3 Å². The number of rotatable bonds is 3. The van der Waals surface area contributed by atoms with Gasteiger partial charge in [-0.25, -0.2) is 0 Å². The van der Waals surface area contributed by atoms with E-state index in [1.165, 1.54) is 27.7 Å². The van der Waals surface area contributed by atoms with Crippen molar-refractivity contribution in [3.8, 4) is 5.75 Å². The Labute approximate surface area is 120 Å². The van der Waals surface area contributed by atoms with E-state index >= 15 is 0 Å². The van der Waals surface area contributed by atoms with E-state index in [2.05, 4.69) is 41.2 Å². The summed E-state index contributed by atoms with van der Waals surface area (Å²) in [4.78, 5) is 6.05. The third kappa shape index (κ3) is 2.41. The van der Waals surface area contributed by atoms with E-state index in [9.17, 15) is 0 Å². The Kier molecular flexibility index (Phi) is 3.68. The average Bonchev–Trinajstić information content (AvgIpc) is 2.77. The normalized spacial score (nSPS) is 16.8. The summed E-state index contributed by atoms with van der Waals surface area (Å²) in [7, 11) is 1.73. The van der Waals surface area contributed by atoms with Crippen LogP contribution in [0.4, 0.5) is 0 Å². The van der Waals surface area contributed by atoms with Crippen molar-refractivity contribution in [2.24, 2.45) is 0 Å². The Morgan fingerprint density at radius 1 is 1.20 bits per heavy atom. The number of methoxy groups -OCH3 is 1. The predicted molar refractivity (Wildman–Crippen MR) is 82.5 cm³/mol. The molecule has 1 aromatic carbocycles. The number of fused-ring (bicyclic) bond motifs is 1. The van der Waals surface area contributed by atoms with Gasteiger partial charge in [0.1, 0.15) is 5.75 Å². The number of nitrogens with one attached hydrogen (secondary N) is 2. The summed E-state index contributed by atoms with van der Waals surface area (Å²) in [5.74, 6) is 0.940. The molecule has 0 unspecified atom stereocenters. The van der Waals surface area contributed by atoms with Gasteiger partial charge >= 0.3 is 0 Å². The zero-order valence-corrected chi connectivity index (χ0v) is 12.5. The minimum atomic E-state index is 0.940. The lowest BCUT2D eigenvalue weighted by molar-refractivity contribution is 0.233. The molecular weight excluding hydrogens is 250 g/mol. The number of piperazine rings is 1. The number of H-pyrrole nitrogens is 1. The molecule has 0 spiro atoms. The molecule has 108 valence electrons. The van der Waals surface area contributed by atoms with E-state index in [0.29, 0.717) is 0 Å². The topological polar surface area (TPSA) is 40.3 Å². The molecule has 0 saturated carbocycles. The average molecular weight is 273 g/mol. The van der Waals surface area contributed by atoms with Gasteiger partial charge in [0, 0.05) is 49.3 Å². The smallest absolute Gasteiger partial charge is 0.119 e. The highest BCUT2D eigenvalue weighted by atomic mass is 16.5. The molecule has 4 heteroatoms. The highest BCUT2D eigenvalue weighted by molar-refractivity contribution is 5.88. The number of ether oxygens (including phenoxy) is 1. The van der Waals surface area contributed by atoms with Crippen LogP contribution in [0, 0.1) is 13.8 Å². The first-order valence-electron chi connectivity index (χ1n) is 7.28. The van der Waals surface area contributed by atoms with Crippen molar-refractivity contribution < 1.29 is 4.74 Å². The van der Waals surface area contributed by atoms with Crippen LogP contribution in [0.15, 0.2) is 12.1 Å². The number of hydrogen-bond acceptors (Lipinski definition) is 3. The molecule has 0 atom stereocenters. The minimum Gasteiger partial charge on any atom is -0.497 e. The molecule has 3 rings (SSSR count). The Morgan fingerprint density at radius 2 is 1.95 bits per heavy atom. The van der Waals surface area contributed by atoms with Crippen molar-refractivity contribution in [3.63, 3.8) is 0 Å². The summed E-state index contributed by atoms with van der Waals surface area (Å²) in [5, 5.41) is 4.71. The molecule has 1 fully saturated rings. The van der Waals surface area contributed by atoms with Crippen LogP contribution in [0.5, 0.6) is 5.75 Å². The van der Waals surface area contributed by atoms with Crippen molar-refractivity contribution in [1.82, 2.24) is 15.2 Å². The van der Waals surface area contributed by atoms with Crippen molar-refractivity contribution in [2.45, 2.75) is 20.4 Å². The predicted octanol–water partition coefficient (Wildman–Crippen LogP) is 2.20. The molecular formula is C16H23N3O. The molecule has 20 heavy (non-hydrogen) atoms. The molecule has 1 saturated heterocycles. The molecule has 2 aromatic rings. The van der Waals surface area contributed by atoms with E-state index in [0.717, 1.165) is 38.5 Å². The molecule has 2 N–H and O–H groups in total. The van der Waals surface area contributed by atoms with Gasteiger partial charge in [-0.05, 0) is 37.1 Å². The van der Waals surface area contributed by atoms with E-state index in [-0.39, 0.29) is 0 Å². The highest BCUT2D eigenvalue weighted by Gasteiger charge is 2.16. The first kappa shape index (κ1) is 13.5. The number of aromatic amines is 1. The first-order valence-corrected chi connectivity index (χ1v) is 7.28. The van der Waals surface area contributed by atoms with Crippen LogP contribution in [-0.2, 0) is 6.54 Å². The standard InChI is InChI=1S/C16H23N3O/c1-11-8-13(20-3)9-14-15(12(2)18-16(11)14)10-19-6-4-17-5-7-19/h8-9,17-18H,4-7,10H2,1-3H3. The maximum Gasteiger partial charge on any atom is 0.119 e. The Balaban J connectivity index is 2.00. The summed E-state index contributed by atoms with van der Waals surface area (Å²) < 4.78 is 5.42. The van der Waals surface area contributed by atoms with Crippen LogP contribution in [0.3, 0.4) is 0 Å². The molecule has 0 radical (unpaired) electrons. The molecule has 4 nitrogen and oxygen atoms in total. The summed E-state index contributed by atoms with van der Waals surface area (Å²) >= 11 is 0. The van der Waals surface area contributed by atoms with Gasteiger partial charge in [0.05, 0.1) is 7.11 Å². The van der Waals surface area contributed by atoms with Crippen molar-refractivity contribution in [1.29, 1.82) is 0 Å². The second-order valence-electron chi connectivity index (χ2n) is 5.62. The van der Waals surface area contributed by atoms with Crippen LogP contribution in [0.2, 0.25) is 0 Å². The lowest BCUT2D eigenvalue weighted by Crippen LogP contribution is -2.42. The Bertz CT molecular complexity index is 612. The summed E-state index contributed by atoms with van der Waals surface area (Å²) in [5.41, 5.74) is 5.17. The third-order valence-corrected chi connectivity index (χ3v) is 4.23. The second kappa shape index (κ2) is 5.46. The zero-order valence-electron chi connectivity index (χ0n) is 12.5. The van der Waals surface area contributed by atoms with Crippen LogP contribution in [-0.4, -0.2) is 43.2 Å². The number of hydrogen-bond donors (Lipinski definition) is 2. The minimum absolute atomic E-state index is 0.940.